The minimum absolute atomic E-state index is 0.00181. The topological polar surface area (TPSA) is 106 Å². The van der Waals surface area contributed by atoms with Gasteiger partial charge < -0.3 is 4.42 Å². The van der Waals surface area contributed by atoms with Gasteiger partial charge in [-0.15, -0.1) is 0 Å². The molecule has 0 bridgehead atoms. The van der Waals surface area contributed by atoms with Gasteiger partial charge in [-0.1, -0.05) is 0 Å². The van der Waals surface area contributed by atoms with Crippen LogP contribution in [0, 0.1) is 0 Å². The van der Waals surface area contributed by atoms with Gasteiger partial charge in [-0.25, -0.2) is 18.5 Å². The maximum atomic E-state index is 11.4. The molecule has 0 aromatic carbocycles. The van der Waals surface area contributed by atoms with Crippen LogP contribution in [0.25, 0.3) is 0 Å². The average molecular weight is 231 g/mol. The summed E-state index contributed by atoms with van der Waals surface area (Å²) in [7, 11) is -3.69. The molecule has 2 heterocycles. The van der Waals surface area contributed by atoms with E-state index in [2.05, 4.69) is 4.98 Å². The van der Waals surface area contributed by atoms with Gasteiger partial charge in [0.25, 0.3) is 0 Å². The van der Waals surface area contributed by atoms with Crippen molar-refractivity contribution in [3.05, 3.63) is 12.5 Å². The molecule has 15 heavy (non-hydrogen) atoms. The summed E-state index contributed by atoms with van der Waals surface area (Å²) < 4.78 is 27.0. The van der Waals surface area contributed by atoms with Gasteiger partial charge in [0.1, 0.15) is 11.5 Å². The number of nitrogens with two attached hydrogens (primary N) is 1. The van der Waals surface area contributed by atoms with E-state index in [4.69, 9.17) is 9.56 Å². The SMILES string of the molecule is NS(=O)(=O)C1CC(=O)N(c2ncco2)C1. The van der Waals surface area contributed by atoms with Crippen molar-refractivity contribution in [2.75, 3.05) is 11.4 Å². The van der Waals surface area contributed by atoms with Crippen LogP contribution in [0.5, 0.6) is 0 Å². The first-order chi connectivity index (χ1) is 6.98. The maximum absolute atomic E-state index is 11.4. The monoisotopic (exact) mass is 231 g/mol. The molecule has 0 radical (unpaired) electrons. The summed E-state index contributed by atoms with van der Waals surface area (Å²) in [6.07, 6.45) is 2.57. The molecule has 1 atom stereocenters. The summed E-state index contributed by atoms with van der Waals surface area (Å²) in [6, 6.07) is 0.103. The van der Waals surface area contributed by atoms with Crippen LogP contribution in [0.4, 0.5) is 6.01 Å². The quantitative estimate of drug-likeness (QED) is 0.707. The van der Waals surface area contributed by atoms with E-state index in [1.54, 1.807) is 0 Å². The number of carbonyl (C=O) groups is 1. The smallest absolute Gasteiger partial charge is 0.304 e. The molecule has 1 aromatic rings. The molecule has 7 nitrogen and oxygen atoms in total. The second-order valence-electron chi connectivity index (χ2n) is 3.23. The van der Waals surface area contributed by atoms with E-state index < -0.39 is 15.3 Å². The highest BCUT2D eigenvalue weighted by Crippen LogP contribution is 2.22. The Balaban J connectivity index is 2.23. The molecule has 2 rings (SSSR count). The van der Waals surface area contributed by atoms with Crippen molar-refractivity contribution in [2.45, 2.75) is 11.7 Å². The van der Waals surface area contributed by atoms with E-state index in [0.29, 0.717) is 0 Å². The van der Waals surface area contributed by atoms with E-state index in [1.807, 2.05) is 0 Å². The summed E-state index contributed by atoms with van der Waals surface area (Å²) in [4.78, 5) is 16.4. The van der Waals surface area contributed by atoms with Crippen LogP contribution in [-0.4, -0.2) is 31.1 Å². The van der Waals surface area contributed by atoms with Crippen molar-refractivity contribution in [3.63, 3.8) is 0 Å². The van der Waals surface area contributed by atoms with Crippen molar-refractivity contribution < 1.29 is 17.6 Å². The van der Waals surface area contributed by atoms with Crippen molar-refractivity contribution >= 4 is 21.9 Å². The Hall–Kier alpha value is -1.41. The number of oxazole rings is 1. The molecule has 1 aliphatic heterocycles. The Bertz CT molecular complexity index is 466. The molecule has 82 valence electrons. The second kappa shape index (κ2) is 3.31. The fourth-order valence-electron chi connectivity index (χ4n) is 1.43. The van der Waals surface area contributed by atoms with Crippen LogP contribution in [0.3, 0.4) is 0 Å². The Morgan fingerprint density at radius 2 is 2.33 bits per heavy atom. The molecule has 1 unspecified atom stereocenters. The van der Waals surface area contributed by atoms with Gasteiger partial charge >= 0.3 is 6.01 Å². The number of aromatic nitrogens is 1. The zero-order valence-corrected chi connectivity index (χ0v) is 8.48. The van der Waals surface area contributed by atoms with Gasteiger partial charge in [0.2, 0.25) is 15.9 Å². The molecule has 1 aromatic heterocycles. The molecule has 1 aliphatic rings. The highest BCUT2D eigenvalue weighted by molar-refractivity contribution is 7.89. The van der Waals surface area contributed by atoms with Gasteiger partial charge in [-0.2, -0.15) is 0 Å². The number of carbonyl (C=O) groups excluding carboxylic acids is 1. The van der Waals surface area contributed by atoms with Crippen LogP contribution in [0.2, 0.25) is 0 Å². The zero-order chi connectivity index (χ0) is 11.1. The number of amides is 1. The lowest BCUT2D eigenvalue weighted by atomic mass is 10.4. The van der Waals surface area contributed by atoms with Crippen molar-refractivity contribution in [3.8, 4) is 0 Å². The third kappa shape index (κ3) is 1.85. The standard InChI is InChI=1S/C7H9N3O4S/c8-15(12,13)5-3-6(11)10(4-5)7-9-1-2-14-7/h1-2,5H,3-4H2,(H2,8,12,13). The Morgan fingerprint density at radius 3 is 2.80 bits per heavy atom. The highest BCUT2D eigenvalue weighted by Gasteiger charge is 2.38. The van der Waals surface area contributed by atoms with Crippen molar-refractivity contribution in [1.29, 1.82) is 0 Å². The lowest BCUT2D eigenvalue weighted by molar-refractivity contribution is -0.117. The lowest BCUT2D eigenvalue weighted by Gasteiger charge is -2.10. The normalized spacial score (nSPS) is 22.3. The third-order valence-electron chi connectivity index (χ3n) is 2.20. The maximum Gasteiger partial charge on any atom is 0.304 e. The van der Waals surface area contributed by atoms with E-state index in [9.17, 15) is 13.2 Å². The van der Waals surface area contributed by atoms with Crippen LogP contribution in [0.1, 0.15) is 6.42 Å². The minimum Gasteiger partial charge on any atom is -0.432 e. The summed E-state index contributed by atoms with van der Waals surface area (Å²) >= 11 is 0. The molecule has 0 spiro atoms. The fourth-order valence-corrected chi connectivity index (χ4v) is 2.16. The van der Waals surface area contributed by atoms with Gasteiger partial charge in [0, 0.05) is 13.0 Å². The largest absolute Gasteiger partial charge is 0.432 e. The Kier molecular flexibility index (Phi) is 2.24. The number of nitrogens with zero attached hydrogens (tertiary/aromatic N) is 2. The molecule has 8 heteroatoms. The number of primary sulfonamides is 1. The predicted octanol–water partition coefficient (Wildman–Crippen LogP) is -0.932. The van der Waals surface area contributed by atoms with Crippen molar-refractivity contribution in [1.82, 2.24) is 4.98 Å². The molecule has 1 fully saturated rings. The van der Waals surface area contributed by atoms with Gasteiger partial charge in [-0.05, 0) is 0 Å². The van der Waals surface area contributed by atoms with E-state index in [0.717, 1.165) is 0 Å². The molecule has 0 aliphatic carbocycles. The van der Waals surface area contributed by atoms with Crippen LogP contribution < -0.4 is 10.0 Å². The molecule has 1 saturated heterocycles. The molecular weight excluding hydrogens is 222 g/mol. The zero-order valence-electron chi connectivity index (χ0n) is 7.66. The molecule has 1 amide bonds. The first-order valence-corrected chi connectivity index (χ1v) is 5.81. The van der Waals surface area contributed by atoms with Gasteiger partial charge in [0.05, 0.1) is 6.20 Å². The summed E-state index contributed by atoms with van der Waals surface area (Å²) in [6.45, 7) is -0.00181. The predicted molar refractivity (Wildman–Crippen MR) is 50.4 cm³/mol. The van der Waals surface area contributed by atoms with Crippen LogP contribution >= 0.6 is 0 Å². The first kappa shape index (κ1) is 10.1. The lowest BCUT2D eigenvalue weighted by Crippen LogP contribution is -2.32. The fraction of sp³-hybridized carbons (Fsp3) is 0.429. The van der Waals surface area contributed by atoms with Gasteiger partial charge in [0.15, 0.2) is 0 Å². The van der Waals surface area contributed by atoms with Crippen LogP contribution in [-0.2, 0) is 14.8 Å². The van der Waals surface area contributed by atoms with E-state index in [-0.39, 0.29) is 24.9 Å². The number of hydrogen-bond acceptors (Lipinski definition) is 5. The third-order valence-corrected chi connectivity index (χ3v) is 3.45. The summed E-state index contributed by atoms with van der Waals surface area (Å²) in [5, 5.41) is 4.08. The Morgan fingerprint density at radius 1 is 1.60 bits per heavy atom. The van der Waals surface area contributed by atoms with Gasteiger partial charge in [-0.3, -0.25) is 9.69 Å². The molecular formula is C7H9N3O4S. The number of anilines is 1. The minimum atomic E-state index is -3.69. The second-order valence-corrected chi connectivity index (χ2v) is 5.08. The van der Waals surface area contributed by atoms with Crippen LogP contribution in [0.15, 0.2) is 16.9 Å². The average Bonchev–Trinajstić information content (AvgIpc) is 2.69. The summed E-state index contributed by atoms with van der Waals surface area (Å²) in [5.41, 5.74) is 0. The molecule has 2 N–H and O–H groups in total. The highest BCUT2D eigenvalue weighted by atomic mass is 32.2. The first-order valence-electron chi connectivity index (χ1n) is 4.20. The number of hydrogen-bond donors (Lipinski definition) is 1. The summed E-state index contributed by atoms with van der Waals surface area (Å²) in [5.74, 6) is -0.350. The number of sulfonamides is 1. The molecule has 0 saturated carbocycles. The van der Waals surface area contributed by atoms with Crippen molar-refractivity contribution in [2.24, 2.45) is 5.14 Å². The Labute approximate surface area is 85.9 Å². The number of rotatable bonds is 2. The van der Waals surface area contributed by atoms with E-state index >= 15 is 0 Å². The van der Waals surface area contributed by atoms with E-state index in [1.165, 1.54) is 17.4 Å².